The highest BCUT2D eigenvalue weighted by atomic mass is 35.5. The summed E-state index contributed by atoms with van der Waals surface area (Å²) in [6.07, 6.45) is 1.81. The number of pyridine rings is 1. The lowest BCUT2D eigenvalue weighted by Gasteiger charge is -2.09. The lowest BCUT2D eigenvalue weighted by atomic mass is 10.1. The van der Waals surface area contributed by atoms with Gasteiger partial charge >= 0.3 is 0 Å². The molecule has 4 heteroatoms. The van der Waals surface area contributed by atoms with E-state index in [0.29, 0.717) is 11.8 Å². The predicted molar refractivity (Wildman–Crippen MR) is 77.5 cm³/mol. The summed E-state index contributed by atoms with van der Waals surface area (Å²) in [6.45, 7) is 2.66. The summed E-state index contributed by atoms with van der Waals surface area (Å²) in [5.41, 5.74) is 3.23. The Bertz CT molecular complexity index is 721. The topological polar surface area (TPSA) is 38.1 Å². The number of hydrogen-bond donors (Lipinski definition) is 1. The number of fused-ring (bicyclic) bond motifs is 1. The Morgan fingerprint density at radius 1 is 1.21 bits per heavy atom. The lowest BCUT2D eigenvalue weighted by Crippen LogP contribution is -1.99. The third-order valence-corrected chi connectivity index (χ3v) is 3.26. The molecule has 1 aromatic carbocycles. The van der Waals surface area contributed by atoms with Crippen molar-refractivity contribution in [3.8, 4) is 0 Å². The minimum atomic E-state index is 0.409. The fourth-order valence-electron chi connectivity index (χ4n) is 2.10. The first-order valence-corrected chi connectivity index (χ1v) is 6.44. The van der Waals surface area contributed by atoms with Crippen molar-refractivity contribution in [1.82, 2.24) is 4.98 Å². The van der Waals surface area contributed by atoms with Crippen LogP contribution in [0, 0.1) is 6.92 Å². The van der Waals surface area contributed by atoms with Crippen LogP contribution in [0.3, 0.4) is 0 Å². The van der Waals surface area contributed by atoms with E-state index in [1.54, 1.807) is 6.07 Å². The number of aromatic nitrogens is 1. The molecule has 0 aliphatic rings. The SMILES string of the molecule is Cc1ccc(NCc2ccc(Cl)o2)c2cccnc12. The lowest BCUT2D eigenvalue weighted by molar-refractivity contribution is 0.520. The molecule has 96 valence electrons. The summed E-state index contributed by atoms with van der Waals surface area (Å²) >= 11 is 5.75. The van der Waals surface area contributed by atoms with Crippen LogP contribution >= 0.6 is 11.6 Å². The van der Waals surface area contributed by atoms with Crippen LogP contribution in [0.5, 0.6) is 0 Å². The highest BCUT2D eigenvalue weighted by Gasteiger charge is 2.05. The fourth-order valence-corrected chi connectivity index (χ4v) is 2.26. The van der Waals surface area contributed by atoms with E-state index >= 15 is 0 Å². The summed E-state index contributed by atoms with van der Waals surface area (Å²) < 4.78 is 5.33. The average Bonchev–Trinajstić information content (AvgIpc) is 2.84. The molecule has 0 bridgehead atoms. The molecule has 3 rings (SSSR count). The smallest absolute Gasteiger partial charge is 0.193 e. The molecule has 0 unspecified atom stereocenters. The van der Waals surface area contributed by atoms with Gasteiger partial charge < -0.3 is 9.73 Å². The van der Waals surface area contributed by atoms with Gasteiger partial charge in [0.05, 0.1) is 12.1 Å². The van der Waals surface area contributed by atoms with Gasteiger partial charge in [-0.3, -0.25) is 4.98 Å². The van der Waals surface area contributed by atoms with Gasteiger partial charge in [-0.05, 0) is 54.4 Å². The van der Waals surface area contributed by atoms with E-state index in [4.69, 9.17) is 16.0 Å². The summed E-state index contributed by atoms with van der Waals surface area (Å²) in [6, 6.07) is 11.7. The minimum absolute atomic E-state index is 0.409. The summed E-state index contributed by atoms with van der Waals surface area (Å²) in [5, 5.41) is 4.87. The van der Waals surface area contributed by atoms with Gasteiger partial charge in [0.25, 0.3) is 0 Å². The molecular weight excluding hydrogens is 260 g/mol. The summed E-state index contributed by atoms with van der Waals surface area (Å²) in [5.74, 6) is 0.808. The number of aryl methyl sites for hydroxylation is 1. The van der Waals surface area contributed by atoms with Gasteiger partial charge in [0.15, 0.2) is 5.22 Å². The van der Waals surface area contributed by atoms with E-state index < -0.39 is 0 Å². The van der Waals surface area contributed by atoms with E-state index in [2.05, 4.69) is 35.4 Å². The third kappa shape index (κ3) is 2.42. The van der Waals surface area contributed by atoms with Crippen LogP contribution in [-0.2, 0) is 6.54 Å². The molecule has 0 aliphatic heterocycles. The maximum atomic E-state index is 5.75. The van der Waals surface area contributed by atoms with Crippen molar-refractivity contribution in [3.05, 3.63) is 59.1 Å². The molecule has 1 N–H and O–H groups in total. The Morgan fingerprint density at radius 3 is 2.89 bits per heavy atom. The molecule has 0 saturated carbocycles. The molecule has 0 atom stereocenters. The monoisotopic (exact) mass is 272 g/mol. The van der Waals surface area contributed by atoms with E-state index in [-0.39, 0.29) is 0 Å². The van der Waals surface area contributed by atoms with E-state index in [1.807, 2.05) is 18.3 Å². The molecule has 0 amide bonds. The Morgan fingerprint density at radius 2 is 2.11 bits per heavy atom. The molecular formula is C15H13ClN2O. The second-order valence-electron chi connectivity index (χ2n) is 4.39. The van der Waals surface area contributed by atoms with Crippen LogP contribution < -0.4 is 5.32 Å². The van der Waals surface area contributed by atoms with Crippen LogP contribution in [0.25, 0.3) is 10.9 Å². The number of nitrogens with one attached hydrogen (secondary N) is 1. The maximum Gasteiger partial charge on any atom is 0.193 e. The molecule has 0 saturated heterocycles. The standard InChI is InChI=1S/C15H13ClN2O/c1-10-4-6-13(12-3-2-8-17-15(10)12)18-9-11-5-7-14(16)19-11/h2-8,18H,9H2,1H3. The molecule has 0 radical (unpaired) electrons. The zero-order valence-electron chi connectivity index (χ0n) is 10.5. The quantitative estimate of drug-likeness (QED) is 0.768. The first kappa shape index (κ1) is 12.1. The van der Waals surface area contributed by atoms with Gasteiger partial charge in [-0.1, -0.05) is 6.07 Å². The Hall–Kier alpha value is -2.00. The molecule has 0 aliphatic carbocycles. The number of anilines is 1. The highest BCUT2D eigenvalue weighted by molar-refractivity contribution is 6.28. The van der Waals surface area contributed by atoms with Gasteiger partial charge in [-0.25, -0.2) is 0 Å². The first-order valence-electron chi connectivity index (χ1n) is 6.06. The second-order valence-corrected chi connectivity index (χ2v) is 4.76. The zero-order chi connectivity index (χ0) is 13.2. The predicted octanol–water partition coefficient (Wildman–Crippen LogP) is 4.40. The molecule has 19 heavy (non-hydrogen) atoms. The normalized spacial score (nSPS) is 10.8. The average molecular weight is 273 g/mol. The molecule has 3 aromatic rings. The second kappa shape index (κ2) is 4.94. The molecule has 0 spiro atoms. The van der Waals surface area contributed by atoms with Crippen LogP contribution in [-0.4, -0.2) is 4.98 Å². The first-order chi connectivity index (χ1) is 9.24. The van der Waals surface area contributed by atoms with Crippen LogP contribution in [0.4, 0.5) is 5.69 Å². The van der Waals surface area contributed by atoms with Gasteiger partial charge in [0.1, 0.15) is 5.76 Å². The summed E-state index contributed by atoms with van der Waals surface area (Å²) in [4.78, 5) is 4.42. The molecule has 0 fully saturated rings. The van der Waals surface area contributed by atoms with Crippen molar-refractivity contribution in [2.45, 2.75) is 13.5 Å². The van der Waals surface area contributed by atoms with Crippen molar-refractivity contribution >= 4 is 28.2 Å². The van der Waals surface area contributed by atoms with Crippen molar-refractivity contribution in [3.63, 3.8) is 0 Å². The number of furan rings is 1. The van der Waals surface area contributed by atoms with Gasteiger partial charge in [-0.15, -0.1) is 0 Å². The van der Waals surface area contributed by atoms with E-state index in [9.17, 15) is 0 Å². The molecule has 3 nitrogen and oxygen atoms in total. The van der Waals surface area contributed by atoms with Crippen LogP contribution in [0.15, 0.2) is 47.0 Å². The van der Waals surface area contributed by atoms with Crippen molar-refractivity contribution in [2.24, 2.45) is 0 Å². The number of hydrogen-bond acceptors (Lipinski definition) is 3. The van der Waals surface area contributed by atoms with Crippen molar-refractivity contribution < 1.29 is 4.42 Å². The highest BCUT2D eigenvalue weighted by Crippen LogP contribution is 2.25. The van der Waals surface area contributed by atoms with Crippen molar-refractivity contribution in [2.75, 3.05) is 5.32 Å². The summed E-state index contributed by atoms with van der Waals surface area (Å²) in [7, 11) is 0. The largest absolute Gasteiger partial charge is 0.448 e. The third-order valence-electron chi connectivity index (χ3n) is 3.05. The Kier molecular flexibility index (Phi) is 3.13. The fraction of sp³-hybridized carbons (Fsp3) is 0.133. The van der Waals surface area contributed by atoms with Crippen molar-refractivity contribution in [1.29, 1.82) is 0 Å². The van der Waals surface area contributed by atoms with E-state index in [0.717, 1.165) is 22.4 Å². The molecule has 2 heterocycles. The zero-order valence-corrected chi connectivity index (χ0v) is 11.2. The van der Waals surface area contributed by atoms with Gasteiger partial charge in [-0.2, -0.15) is 0 Å². The van der Waals surface area contributed by atoms with Crippen LogP contribution in [0.1, 0.15) is 11.3 Å². The number of halogens is 1. The Labute approximate surface area is 116 Å². The van der Waals surface area contributed by atoms with Gasteiger partial charge in [0.2, 0.25) is 0 Å². The molecule has 2 aromatic heterocycles. The maximum absolute atomic E-state index is 5.75. The number of nitrogens with zero attached hydrogens (tertiary/aromatic N) is 1. The Balaban J connectivity index is 1.91. The van der Waals surface area contributed by atoms with Gasteiger partial charge in [0, 0.05) is 17.3 Å². The minimum Gasteiger partial charge on any atom is -0.448 e. The number of rotatable bonds is 3. The van der Waals surface area contributed by atoms with Crippen LogP contribution in [0.2, 0.25) is 5.22 Å². The van der Waals surface area contributed by atoms with E-state index in [1.165, 1.54) is 5.56 Å². The number of benzene rings is 1.